The zero-order valence-electron chi connectivity index (χ0n) is 12.1. The van der Waals surface area contributed by atoms with E-state index in [4.69, 9.17) is 4.74 Å². The molecule has 0 saturated carbocycles. The lowest BCUT2D eigenvalue weighted by atomic mass is 10.1. The number of carbonyl (C=O) groups is 2. The quantitative estimate of drug-likeness (QED) is 0.759. The van der Waals surface area contributed by atoms with Gasteiger partial charge in [-0.25, -0.2) is 8.42 Å². The number of carbonyl (C=O) groups excluding carboxylic acids is 2. The molecule has 0 aliphatic carbocycles. The molecular weight excluding hydrogens is 294 g/mol. The Morgan fingerprint density at radius 3 is 2.48 bits per heavy atom. The molecule has 1 aromatic carbocycles. The molecule has 0 atom stereocenters. The minimum absolute atomic E-state index is 0.0234. The third kappa shape index (κ3) is 2.78. The van der Waals surface area contributed by atoms with Gasteiger partial charge in [-0.3, -0.25) is 9.59 Å². The third-order valence-corrected chi connectivity index (χ3v) is 5.68. The number of nitrogens with zero attached hydrogens (tertiary/aromatic N) is 1. The fourth-order valence-electron chi connectivity index (χ4n) is 2.08. The molecule has 1 aliphatic heterocycles. The van der Waals surface area contributed by atoms with Crippen LogP contribution >= 0.6 is 0 Å². The average molecular weight is 311 g/mol. The van der Waals surface area contributed by atoms with Crippen molar-refractivity contribution in [3.63, 3.8) is 0 Å². The van der Waals surface area contributed by atoms with Crippen molar-refractivity contribution in [1.29, 1.82) is 0 Å². The topological polar surface area (TPSA) is 80.8 Å². The van der Waals surface area contributed by atoms with E-state index in [0.29, 0.717) is 11.4 Å². The summed E-state index contributed by atoms with van der Waals surface area (Å²) in [5, 5.41) is -0.513. The number of Topliss-reactive ketones (excluding diaryl/α,β-unsaturated/α-hetero) is 1. The summed E-state index contributed by atoms with van der Waals surface area (Å²) in [6, 6.07) is 4.72. The van der Waals surface area contributed by atoms with E-state index in [-0.39, 0.29) is 17.9 Å². The molecule has 1 aromatic rings. The molecule has 7 heteroatoms. The molecular formula is C14H17NO5S. The zero-order valence-corrected chi connectivity index (χ0v) is 12.9. The summed E-state index contributed by atoms with van der Waals surface area (Å²) < 4.78 is 28.7. The molecule has 0 bridgehead atoms. The number of benzene rings is 1. The summed E-state index contributed by atoms with van der Waals surface area (Å²) in [4.78, 5) is 25.1. The van der Waals surface area contributed by atoms with Crippen molar-refractivity contribution in [1.82, 2.24) is 0 Å². The zero-order chi connectivity index (χ0) is 15.8. The van der Waals surface area contributed by atoms with Gasteiger partial charge in [-0.2, -0.15) is 0 Å². The van der Waals surface area contributed by atoms with Gasteiger partial charge in [0.2, 0.25) is 0 Å². The highest BCUT2D eigenvalue weighted by Crippen LogP contribution is 2.31. The van der Waals surface area contributed by atoms with Crippen LogP contribution in [-0.2, 0) is 14.6 Å². The summed E-state index contributed by atoms with van der Waals surface area (Å²) in [5.74, 6) is -1.02. The maximum absolute atomic E-state index is 12.0. The molecule has 0 saturated heterocycles. The first kappa shape index (κ1) is 15.5. The van der Waals surface area contributed by atoms with Crippen LogP contribution in [0.4, 0.5) is 5.69 Å². The molecule has 0 fully saturated rings. The molecule has 0 N–H and O–H groups in total. The number of hydrogen-bond donors (Lipinski definition) is 0. The largest absolute Gasteiger partial charge is 0.497 e. The predicted molar refractivity (Wildman–Crippen MR) is 78.6 cm³/mol. The number of ketones is 1. The van der Waals surface area contributed by atoms with Crippen molar-refractivity contribution in [3.8, 4) is 5.75 Å². The van der Waals surface area contributed by atoms with Crippen molar-refractivity contribution in [2.45, 2.75) is 19.1 Å². The van der Waals surface area contributed by atoms with Crippen LogP contribution in [0, 0.1) is 0 Å². The van der Waals surface area contributed by atoms with Crippen molar-refractivity contribution < 1.29 is 22.7 Å². The lowest BCUT2D eigenvalue weighted by Gasteiger charge is -2.17. The fraction of sp³-hybridized carbons (Fsp3) is 0.429. The summed E-state index contributed by atoms with van der Waals surface area (Å²) >= 11 is 0. The van der Waals surface area contributed by atoms with Crippen LogP contribution in [0.1, 0.15) is 24.2 Å². The first-order chi connectivity index (χ1) is 9.77. The lowest BCUT2D eigenvalue weighted by molar-refractivity contribution is -0.114. The molecule has 6 nitrogen and oxygen atoms in total. The molecule has 2 rings (SSSR count). The number of fused-ring (bicyclic) bond motifs is 1. The molecule has 1 amide bonds. The van der Waals surface area contributed by atoms with E-state index in [9.17, 15) is 18.0 Å². The minimum Gasteiger partial charge on any atom is -0.497 e. The number of methoxy groups -OCH3 is 1. The number of anilines is 1. The smallest absolute Gasteiger partial charge is 0.299 e. The molecule has 1 heterocycles. The fourth-order valence-corrected chi connectivity index (χ4v) is 2.99. The number of hydrogen-bond acceptors (Lipinski definition) is 5. The Bertz CT molecular complexity index is 693. The maximum atomic E-state index is 12.0. The molecule has 0 unspecified atom stereocenters. The average Bonchev–Trinajstić information content (AvgIpc) is 2.68. The second-order valence-corrected chi connectivity index (χ2v) is 7.76. The molecule has 0 radical (unpaired) electrons. The Hall–Kier alpha value is -1.89. The second kappa shape index (κ2) is 5.48. The van der Waals surface area contributed by atoms with E-state index in [1.165, 1.54) is 18.1 Å². The van der Waals surface area contributed by atoms with Crippen molar-refractivity contribution in [2.24, 2.45) is 0 Å². The summed E-state index contributed by atoms with van der Waals surface area (Å²) in [6.45, 7) is 3.15. The Kier molecular flexibility index (Phi) is 4.04. The highest BCUT2D eigenvalue weighted by atomic mass is 32.2. The van der Waals surface area contributed by atoms with Gasteiger partial charge in [-0.15, -0.1) is 0 Å². The van der Waals surface area contributed by atoms with E-state index < -0.39 is 26.8 Å². The van der Waals surface area contributed by atoms with Crippen LogP contribution in [-0.4, -0.2) is 44.8 Å². The Morgan fingerprint density at radius 1 is 1.24 bits per heavy atom. The normalized spacial score (nSPS) is 14.8. The third-order valence-electron chi connectivity index (χ3n) is 3.50. The monoisotopic (exact) mass is 311 g/mol. The summed E-state index contributed by atoms with van der Waals surface area (Å²) in [6.07, 6.45) is 0. The van der Waals surface area contributed by atoms with Gasteiger partial charge < -0.3 is 9.64 Å². The Morgan fingerprint density at radius 2 is 1.90 bits per heavy atom. The lowest BCUT2D eigenvalue weighted by Crippen LogP contribution is -2.35. The van der Waals surface area contributed by atoms with Gasteiger partial charge in [0, 0.05) is 6.54 Å². The van der Waals surface area contributed by atoms with Gasteiger partial charge in [0.25, 0.3) is 11.7 Å². The molecule has 114 valence electrons. The van der Waals surface area contributed by atoms with E-state index in [0.717, 1.165) is 0 Å². The summed E-state index contributed by atoms with van der Waals surface area (Å²) in [7, 11) is -1.80. The highest BCUT2D eigenvalue weighted by Gasteiger charge is 2.36. The predicted octanol–water partition coefficient (Wildman–Crippen LogP) is 1.05. The van der Waals surface area contributed by atoms with Crippen molar-refractivity contribution in [2.75, 3.05) is 24.3 Å². The number of ether oxygens (including phenoxy) is 1. The Labute approximate surface area is 123 Å². The number of rotatable bonds is 5. The number of sulfone groups is 1. The first-order valence-electron chi connectivity index (χ1n) is 6.53. The van der Waals surface area contributed by atoms with E-state index in [1.807, 2.05) is 0 Å². The summed E-state index contributed by atoms with van der Waals surface area (Å²) in [5.41, 5.74) is 0.686. The number of amides is 1. The van der Waals surface area contributed by atoms with Crippen LogP contribution in [0.2, 0.25) is 0 Å². The van der Waals surface area contributed by atoms with Gasteiger partial charge in [-0.05, 0) is 32.0 Å². The molecule has 21 heavy (non-hydrogen) atoms. The standard InChI is InChI=1S/C14H17NO5S/c1-9(2)21(18,19)7-6-15-12-5-4-10(20-3)8-11(12)13(16)14(15)17/h4-5,8-9H,6-7H2,1-3H3. The van der Waals surface area contributed by atoms with Gasteiger partial charge in [0.15, 0.2) is 9.84 Å². The van der Waals surface area contributed by atoms with Gasteiger partial charge in [0.1, 0.15) is 5.75 Å². The van der Waals surface area contributed by atoms with Gasteiger partial charge in [-0.1, -0.05) is 0 Å². The Balaban J connectivity index is 2.28. The maximum Gasteiger partial charge on any atom is 0.299 e. The van der Waals surface area contributed by atoms with E-state index >= 15 is 0 Å². The van der Waals surface area contributed by atoms with E-state index in [2.05, 4.69) is 0 Å². The molecule has 0 spiro atoms. The van der Waals surface area contributed by atoms with Gasteiger partial charge in [0.05, 0.1) is 29.4 Å². The van der Waals surface area contributed by atoms with Crippen molar-refractivity contribution in [3.05, 3.63) is 23.8 Å². The molecule has 0 aromatic heterocycles. The van der Waals surface area contributed by atoms with E-state index in [1.54, 1.807) is 26.0 Å². The van der Waals surface area contributed by atoms with Crippen molar-refractivity contribution >= 4 is 27.2 Å². The second-order valence-electron chi connectivity index (χ2n) is 5.08. The van der Waals surface area contributed by atoms with Crippen LogP contribution in [0.15, 0.2) is 18.2 Å². The van der Waals surface area contributed by atoms with Crippen LogP contribution < -0.4 is 9.64 Å². The highest BCUT2D eigenvalue weighted by molar-refractivity contribution is 7.92. The SMILES string of the molecule is COc1ccc2c(c1)C(=O)C(=O)N2CCS(=O)(=O)C(C)C. The minimum atomic E-state index is -3.27. The van der Waals surface area contributed by atoms with Gasteiger partial charge >= 0.3 is 0 Å². The molecule has 1 aliphatic rings. The van der Waals surface area contributed by atoms with Crippen LogP contribution in [0.5, 0.6) is 5.75 Å². The first-order valence-corrected chi connectivity index (χ1v) is 8.25. The van der Waals surface area contributed by atoms with Crippen LogP contribution in [0.25, 0.3) is 0 Å². The van der Waals surface area contributed by atoms with Crippen LogP contribution in [0.3, 0.4) is 0 Å².